The molecule has 26 heavy (non-hydrogen) atoms. The quantitative estimate of drug-likeness (QED) is 0.485. The number of carbonyl (C=O) groups excluding carboxylic acids is 3. The molecule has 6 nitrogen and oxygen atoms in total. The van der Waals surface area contributed by atoms with Crippen molar-refractivity contribution in [3.8, 4) is 5.75 Å². The lowest BCUT2D eigenvalue weighted by molar-refractivity contribution is -0.150. The van der Waals surface area contributed by atoms with Gasteiger partial charge in [-0.2, -0.15) is 0 Å². The van der Waals surface area contributed by atoms with Crippen LogP contribution in [0.5, 0.6) is 5.75 Å². The standard InChI is InChI=1S/C18H20BrNO5S/c1-5-24-17(22)11(4)20-16(21)15(26-18(20)23)9-12-6-7-14(13(19)8-12)25-10(2)3/h6-11H,5H2,1-4H3/b15-9+. The minimum Gasteiger partial charge on any atom is -0.490 e. The van der Waals surface area contributed by atoms with Gasteiger partial charge >= 0.3 is 5.97 Å². The van der Waals surface area contributed by atoms with Gasteiger partial charge in [-0.15, -0.1) is 0 Å². The van der Waals surface area contributed by atoms with E-state index in [0.29, 0.717) is 5.75 Å². The Labute approximate surface area is 165 Å². The molecule has 1 atom stereocenters. The average molecular weight is 442 g/mol. The van der Waals surface area contributed by atoms with Crippen LogP contribution in [0.15, 0.2) is 27.6 Å². The third-order valence-corrected chi connectivity index (χ3v) is 4.96. The summed E-state index contributed by atoms with van der Waals surface area (Å²) in [6, 6.07) is 4.44. The summed E-state index contributed by atoms with van der Waals surface area (Å²) in [5.74, 6) is -0.408. The van der Waals surface area contributed by atoms with Crippen LogP contribution in [0.1, 0.15) is 33.3 Å². The van der Waals surface area contributed by atoms with Gasteiger partial charge in [-0.1, -0.05) is 6.07 Å². The number of halogens is 1. The zero-order valence-corrected chi connectivity index (χ0v) is 17.3. The summed E-state index contributed by atoms with van der Waals surface area (Å²) in [6.07, 6.45) is 1.66. The highest BCUT2D eigenvalue weighted by molar-refractivity contribution is 9.10. The van der Waals surface area contributed by atoms with Gasteiger partial charge in [-0.05, 0) is 79.2 Å². The van der Waals surface area contributed by atoms with Crippen molar-refractivity contribution in [1.29, 1.82) is 0 Å². The van der Waals surface area contributed by atoms with Crippen molar-refractivity contribution in [2.24, 2.45) is 0 Å². The number of hydrogen-bond acceptors (Lipinski definition) is 6. The van der Waals surface area contributed by atoms with Crippen LogP contribution < -0.4 is 4.74 Å². The number of amides is 2. The fraction of sp³-hybridized carbons (Fsp3) is 0.389. The van der Waals surface area contributed by atoms with Crippen molar-refractivity contribution < 1.29 is 23.9 Å². The van der Waals surface area contributed by atoms with Crippen LogP contribution >= 0.6 is 27.7 Å². The highest BCUT2D eigenvalue weighted by Crippen LogP contribution is 2.35. The first-order valence-electron chi connectivity index (χ1n) is 8.14. The summed E-state index contributed by atoms with van der Waals surface area (Å²) in [5, 5.41) is -0.486. The average Bonchev–Trinajstić information content (AvgIpc) is 2.83. The molecule has 0 radical (unpaired) electrons. The Balaban J connectivity index is 2.22. The van der Waals surface area contributed by atoms with Gasteiger partial charge in [0, 0.05) is 0 Å². The van der Waals surface area contributed by atoms with Gasteiger partial charge in [0.15, 0.2) is 0 Å². The number of imide groups is 1. The van der Waals surface area contributed by atoms with E-state index in [4.69, 9.17) is 9.47 Å². The molecule has 0 N–H and O–H groups in total. The van der Waals surface area contributed by atoms with E-state index in [9.17, 15) is 14.4 Å². The van der Waals surface area contributed by atoms with E-state index in [1.165, 1.54) is 6.92 Å². The Hall–Kier alpha value is -1.80. The van der Waals surface area contributed by atoms with Crippen molar-refractivity contribution in [1.82, 2.24) is 4.90 Å². The Bertz CT molecular complexity index is 762. The SMILES string of the molecule is CCOC(=O)C(C)N1C(=O)S/C(=C/c2ccc(OC(C)C)c(Br)c2)C1=O. The van der Waals surface area contributed by atoms with Crippen LogP contribution in [-0.2, 0) is 14.3 Å². The molecule has 1 saturated heterocycles. The summed E-state index contributed by atoms with van der Waals surface area (Å²) in [7, 11) is 0. The predicted molar refractivity (Wildman–Crippen MR) is 104 cm³/mol. The lowest BCUT2D eigenvalue weighted by atomic mass is 10.2. The minimum atomic E-state index is -0.957. The van der Waals surface area contributed by atoms with Crippen LogP contribution in [0.3, 0.4) is 0 Å². The highest BCUT2D eigenvalue weighted by Gasteiger charge is 2.41. The summed E-state index contributed by atoms with van der Waals surface area (Å²) >= 11 is 4.24. The number of benzene rings is 1. The lowest BCUT2D eigenvalue weighted by Gasteiger charge is -2.19. The maximum atomic E-state index is 12.5. The zero-order valence-electron chi connectivity index (χ0n) is 14.9. The van der Waals surface area contributed by atoms with Crippen LogP contribution in [0, 0.1) is 0 Å². The van der Waals surface area contributed by atoms with Crippen molar-refractivity contribution >= 4 is 50.9 Å². The molecule has 1 aliphatic heterocycles. The normalized spacial score (nSPS) is 17.2. The summed E-state index contributed by atoms with van der Waals surface area (Å²) in [5.41, 5.74) is 0.738. The van der Waals surface area contributed by atoms with E-state index >= 15 is 0 Å². The second kappa shape index (κ2) is 8.73. The second-order valence-electron chi connectivity index (χ2n) is 5.84. The first-order chi connectivity index (χ1) is 12.2. The van der Waals surface area contributed by atoms with Crippen molar-refractivity contribution in [2.45, 2.75) is 39.8 Å². The van der Waals surface area contributed by atoms with E-state index < -0.39 is 23.2 Å². The number of carbonyl (C=O) groups is 3. The molecule has 2 amide bonds. The molecule has 0 spiro atoms. The smallest absolute Gasteiger partial charge is 0.329 e. The van der Waals surface area contributed by atoms with Crippen molar-refractivity contribution in [3.05, 3.63) is 33.1 Å². The molecular formula is C18H20BrNO5S. The Morgan fingerprint density at radius 3 is 2.58 bits per heavy atom. The maximum absolute atomic E-state index is 12.5. The van der Waals surface area contributed by atoms with E-state index in [1.54, 1.807) is 31.2 Å². The molecule has 8 heteroatoms. The third kappa shape index (κ3) is 4.67. The van der Waals surface area contributed by atoms with Gasteiger partial charge < -0.3 is 9.47 Å². The number of thioether (sulfide) groups is 1. The second-order valence-corrected chi connectivity index (χ2v) is 7.68. The fourth-order valence-electron chi connectivity index (χ4n) is 2.29. The monoisotopic (exact) mass is 441 g/mol. The molecule has 1 heterocycles. The molecular weight excluding hydrogens is 422 g/mol. The number of esters is 1. The first kappa shape index (κ1) is 20.5. The number of nitrogens with zero attached hydrogens (tertiary/aromatic N) is 1. The van der Waals surface area contributed by atoms with Crippen LogP contribution in [0.4, 0.5) is 4.79 Å². The zero-order chi connectivity index (χ0) is 19.4. The molecule has 0 aliphatic carbocycles. The lowest BCUT2D eigenvalue weighted by Crippen LogP contribution is -2.42. The van der Waals surface area contributed by atoms with Gasteiger partial charge in [0.25, 0.3) is 11.1 Å². The molecule has 1 aliphatic rings. The minimum absolute atomic E-state index is 0.0398. The van der Waals surface area contributed by atoms with Gasteiger partial charge in [0.1, 0.15) is 11.8 Å². The van der Waals surface area contributed by atoms with E-state index in [2.05, 4.69) is 15.9 Å². The molecule has 1 fully saturated rings. The molecule has 2 rings (SSSR count). The number of rotatable bonds is 6. The van der Waals surface area contributed by atoms with Gasteiger partial charge in [-0.3, -0.25) is 14.5 Å². The number of hydrogen-bond donors (Lipinski definition) is 0. The van der Waals surface area contributed by atoms with E-state index in [-0.39, 0.29) is 17.6 Å². The molecule has 0 saturated carbocycles. The first-order valence-corrected chi connectivity index (χ1v) is 9.75. The Morgan fingerprint density at radius 2 is 2.00 bits per heavy atom. The summed E-state index contributed by atoms with van der Waals surface area (Å²) in [6.45, 7) is 7.20. The summed E-state index contributed by atoms with van der Waals surface area (Å²) < 4.78 is 11.3. The molecule has 1 aromatic carbocycles. The van der Waals surface area contributed by atoms with Gasteiger partial charge in [0.05, 0.1) is 22.1 Å². The van der Waals surface area contributed by atoms with E-state index in [1.807, 2.05) is 13.8 Å². The third-order valence-electron chi connectivity index (χ3n) is 3.45. The number of ether oxygens (including phenoxy) is 2. The molecule has 140 valence electrons. The highest BCUT2D eigenvalue weighted by atomic mass is 79.9. The summed E-state index contributed by atoms with van der Waals surface area (Å²) in [4.78, 5) is 37.7. The molecule has 0 bridgehead atoms. The maximum Gasteiger partial charge on any atom is 0.329 e. The van der Waals surface area contributed by atoms with Crippen LogP contribution in [-0.4, -0.2) is 40.8 Å². The molecule has 1 unspecified atom stereocenters. The van der Waals surface area contributed by atoms with Crippen molar-refractivity contribution in [3.63, 3.8) is 0 Å². The largest absolute Gasteiger partial charge is 0.490 e. The van der Waals surface area contributed by atoms with Gasteiger partial charge in [-0.25, -0.2) is 4.79 Å². The molecule has 1 aromatic rings. The van der Waals surface area contributed by atoms with Crippen molar-refractivity contribution in [2.75, 3.05) is 6.61 Å². The Morgan fingerprint density at radius 1 is 1.31 bits per heavy atom. The van der Waals surface area contributed by atoms with E-state index in [0.717, 1.165) is 26.7 Å². The fourth-order valence-corrected chi connectivity index (χ4v) is 3.69. The molecule has 0 aromatic heterocycles. The topological polar surface area (TPSA) is 72.9 Å². The van der Waals surface area contributed by atoms with Gasteiger partial charge in [0.2, 0.25) is 0 Å². The predicted octanol–water partition coefficient (Wildman–Crippen LogP) is 4.22. The Kier molecular flexibility index (Phi) is 6.88. The van der Waals surface area contributed by atoms with Crippen LogP contribution in [0.25, 0.3) is 6.08 Å². The van der Waals surface area contributed by atoms with Crippen LogP contribution in [0.2, 0.25) is 0 Å².